The molecule has 2 aromatic carbocycles. The molecule has 2 fully saturated rings. The molecule has 1 aromatic heterocycles. The van der Waals surface area contributed by atoms with Crippen molar-refractivity contribution in [1.29, 1.82) is 0 Å². The molecule has 6 nitrogen and oxygen atoms in total. The van der Waals surface area contributed by atoms with Gasteiger partial charge in [0.25, 0.3) is 5.91 Å². The Hall–Kier alpha value is -3.38. The smallest absolute Gasteiger partial charge is 0.262 e. The van der Waals surface area contributed by atoms with Crippen LogP contribution in [0.25, 0.3) is 0 Å². The molecule has 0 radical (unpaired) electrons. The van der Waals surface area contributed by atoms with Crippen LogP contribution in [0.5, 0.6) is 0 Å². The predicted octanol–water partition coefficient (Wildman–Crippen LogP) is 3.33. The van der Waals surface area contributed by atoms with Crippen LogP contribution >= 0.6 is 0 Å². The van der Waals surface area contributed by atoms with Gasteiger partial charge < -0.3 is 4.42 Å². The lowest BCUT2D eigenvalue weighted by atomic mass is 9.94. The number of amides is 2. The summed E-state index contributed by atoms with van der Waals surface area (Å²) in [7, 11) is 0. The fraction of sp³-hybridized carbons (Fsp3) is 0.182. The van der Waals surface area contributed by atoms with Gasteiger partial charge in [-0.3, -0.25) is 19.3 Å². The molecule has 5 rings (SSSR count). The molecule has 3 atom stereocenters. The number of fused-ring (bicyclic) bond motifs is 1. The van der Waals surface area contributed by atoms with Crippen molar-refractivity contribution in [3.63, 3.8) is 0 Å². The Bertz CT molecular complexity index is 988. The van der Waals surface area contributed by atoms with Gasteiger partial charge in [0.05, 0.1) is 18.5 Å². The predicted molar refractivity (Wildman–Crippen MR) is 101 cm³/mol. The largest absolute Gasteiger partial charge is 0.467 e. The highest BCUT2D eigenvalue weighted by Gasteiger charge is 2.60. The average molecular weight is 374 g/mol. The zero-order valence-corrected chi connectivity index (χ0v) is 15.0. The number of hydrogen-bond donors (Lipinski definition) is 0. The molecule has 140 valence electrons. The number of furan rings is 1. The van der Waals surface area contributed by atoms with E-state index in [1.165, 1.54) is 4.90 Å². The summed E-state index contributed by atoms with van der Waals surface area (Å²) >= 11 is 0. The van der Waals surface area contributed by atoms with E-state index < -0.39 is 18.1 Å². The lowest BCUT2D eigenvalue weighted by molar-refractivity contribution is -0.143. The molecular weight excluding hydrogens is 356 g/mol. The molecule has 3 aromatic rings. The van der Waals surface area contributed by atoms with Crippen LogP contribution in [0.4, 0.5) is 5.69 Å². The zero-order chi connectivity index (χ0) is 19.1. The Morgan fingerprint density at radius 3 is 2.21 bits per heavy atom. The van der Waals surface area contributed by atoms with Crippen LogP contribution in [0.3, 0.4) is 0 Å². The number of likely N-dealkylation sites (tertiary alicyclic amines) is 1. The van der Waals surface area contributed by atoms with E-state index in [4.69, 9.17) is 9.25 Å². The normalized spacial score (nSPS) is 24.1. The molecule has 2 aliphatic rings. The van der Waals surface area contributed by atoms with Crippen molar-refractivity contribution in [2.45, 2.75) is 18.7 Å². The minimum Gasteiger partial charge on any atom is -0.467 e. The van der Waals surface area contributed by atoms with Gasteiger partial charge in [0.2, 0.25) is 5.91 Å². The molecule has 0 N–H and O–H groups in total. The van der Waals surface area contributed by atoms with E-state index >= 15 is 0 Å². The topological polar surface area (TPSA) is 63.0 Å². The van der Waals surface area contributed by atoms with Crippen molar-refractivity contribution in [3.05, 3.63) is 90.4 Å². The van der Waals surface area contributed by atoms with Crippen molar-refractivity contribution in [1.82, 2.24) is 4.90 Å². The monoisotopic (exact) mass is 374 g/mol. The Balaban J connectivity index is 1.50. The number of carbonyl (C=O) groups excluding carboxylic acids is 2. The van der Waals surface area contributed by atoms with E-state index in [-0.39, 0.29) is 18.4 Å². The maximum atomic E-state index is 13.2. The van der Waals surface area contributed by atoms with Crippen molar-refractivity contribution in [3.8, 4) is 0 Å². The lowest BCUT2D eigenvalue weighted by Gasteiger charge is -2.27. The van der Waals surface area contributed by atoms with Gasteiger partial charge in [-0.1, -0.05) is 48.5 Å². The maximum Gasteiger partial charge on any atom is 0.262 e. The first-order valence-electron chi connectivity index (χ1n) is 9.17. The van der Waals surface area contributed by atoms with E-state index in [9.17, 15) is 9.59 Å². The Morgan fingerprint density at radius 1 is 0.821 bits per heavy atom. The summed E-state index contributed by atoms with van der Waals surface area (Å²) in [4.78, 5) is 33.6. The number of nitrogens with zero attached hydrogens (tertiary/aromatic N) is 2. The van der Waals surface area contributed by atoms with Crippen LogP contribution in [-0.4, -0.2) is 22.8 Å². The summed E-state index contributed by atoms with van der Waals surface area (Å²) in [5, 5.41) is 1.63. The molecule has 3 heterocycles. The summed E-state index contributed by atoms with van der Waals surface area (Å²) < 4.78 is 5.61. The summed E-state index contributed by atoms with van der Waals surface area (Å²) in [6, 6.07) is 22.0. The number of carbonyl (C=O) groups is 2. The first kappa shape index (κ1) is 16.8. The van der Waals surface area contributed by atoms with Gasteiger partial charge in [-0.25, -0.2) is 5.06 Å². The summed E-state index contributed by atoms with van der Waals surface area (Å²) in [6.45, 7) is 0.241. The van der Waals surface area contributed by atoms with Crippen LogP contribution in [0.1, 0.15) is 17.4 Å². The fourth-order valence-corrected chi connectivity index (χ4v) is 3.94. The van der Waals surface area contributed by atoms with E-state index in [0.717, 1.165) is 11.3 Å². The van der Waals surface area contributed by atoms with Gasteiger partial charge in [-0.2, -0.15) is 0 Å². The third-order valence-corrected chi connectivity index (χ3v) is 5.24. The first-order chi connectivity index (χ1) is 13.7. The van der Waals surface area contributed by atoms with Crippen molar-refractivity contribution in [2.75, 3.05) is 5.06 Å². The molecule has 2 amide bonds. The molecule has 0 bridgehead atoms. The van der Waals surface area contributed by atoms with Gasteiger partial charge in [0, 0.05) is 0 Å². The minimum atomic E-state index is -0.855. The average Bonchev–Trinajstić information content (AvgIpc) is 3.44. The highest BCUT2D eigenvalue weighted by atomic mass is 16.7. The SMILES string of the molecule is O=C1[C@@H]2[C@H](ON(c3ccccc3)[C@@H]2c2ccco2)C(=O)N1Cc1ccccc1. The van der Waals surface area contributed by atoms with E-state index in [1.54, 1.807) is 17.4 Å². The quantitative estimate of drug-likeness (QED) is 0.656. The second-order valence-electron chi connectivity index (χ2n) is 6.92. The second-order valence-corrected chi connectivity index (χ2v) is 6.92. The van der Waals surface area contributed by atoms with E-state index in [1.807, 2.05) is 66.7 Å². The molecule has 28 heavy (non-hydrogen) atoms. The van der Waals surface area contributed by atoms with Gasteiger partial charge in [-0.05, 0) is 29.8 Å². The number of benzene rings is 2. The molecule has 2 saturated heterocycles. The fourth-order valence-electron chi connectivity index (χ4n) is 3.94. The third kappa shape index (κ3) is 2.61. The molecule has 6 heteroatoms. The van der Waals surface area contributed by atoms with Gasteiger partial charge in [-0.15, -0.1) is 0 Å². The van der Waals surface area contributed by atoms with Crippen molar-refractivity contribution < 1.29 is 18.8 Å². The molecule has 0 aliphatic carbocycles. The number of rotatable bonds is 4. The highest BCUT2D eigenvalue weighted by molar-refractivity contribution is 6.07. The Kier molecular flexibility index (Phi) is 3.98. The van der Waals surface area contributed by atoms with Crippen molar-refractivity contribution in [2.24, 2.45) is 5.92 Å². The van der Waals surface area contributed by atoms with Crippen LogP contribution in [0.15, 0.2) is 83.5 Å². The molecule has 0 saturated carbocycles. The van der Waals surface area contributed by atoms with E-state index in [0.29, 0.717) is 5.76 Å². The maximum absolute atomic E-state index is 13.2. The van der Waals surface area contributed by atoms with E-state index in [2.05, 4.69) is 0 Å². The van der Waals surface area contributed by atoms with Gasteiger partial charge >= 0.3 is 0 Å². The summed E-state index contributed by atoms with van der Waals surface area (Å²) in [5.41, 5.74) is 1.67. The lowest BCUT2D eigenvalue weighted by Crippen LogP contribution is -2.36. The second kappa shape index (κ2) is 6.65. The molecule has 0 spiro atoms. The highest BCUT2D eigenvalue weighted by Crippen LogP contribution is 2.46. The van der Waals surface area contributed by atoms with Crippen LogP contribution in [0, 0.1) is 5.92 Å². The van der Waals surface area contributed by atoms with Crippen LogP contribution in [0.2, 0.25) is 0 Å². The number of hydrogen-bond acceptors (Lipinski definition) is 5. The number of imide groups is 1. The minimum absolute atomic E-state index is 0.237. The Labute approximate surface area is 161 Å². The van der Waals surface area contributed by atoms with Crippen LogP contribution in [-0.2, 0) is 21.0 Å². The molecular formula is C22H18N2O4. The zero-order valence-electron chi connectivity index (χ0n) is 15.0. The molecule has 2 aliphatic heterocycles. The summed E-state index contributed by atoms with van der Waals surface area (Å²) in [5.74, 6) is -0.603. The van der Waals surface area contributed by atoms with Crippen molar-refractivity contribution >= 4 is 17.5 Å². The van der Waals surface area contributed by atoms with Gasteiger partial charge in [0.1, 0.15) is 17.7 Å². The number of anilines is 1. The Morgan fingerprint density at radius 2 is 1.54 bits per heavy atom. The first-order valence-corrected chi connectivity index (χ1v) is 9.17. The third-order valence-electron chi connectivity index (χ3n) is 5.24. The molecule has 0 unspecified atom stereocenters. The number of para-hydroxylation sites is 1. The standard InChI is InChI=1S/C22H18N2O4/c25-21-18-19(17-12-7-13-27-17)24(16-10-5-2-6-11-16)28-20(18)22(26)23(21)14-15-8-3-1-4-9-15/h1-13,18-20H,14H2/t18-,19+,20-/m0/s1. The summed E-state index contributed by atoms with van der Waals surface area (Å²) in [6.07, 6.45) is 0.709. The van der Waals surface area contributed by atoms with Gasteiger partial charge in [0.15, 0.2) is 6.10 Å². The van der Waals surface area contributed by atoms with Crippen LogP contribution < -0.4 is 5.06 Å². The number of hydroxylamine groups is 1.